The van der Waals surface area contributed by atoms with Crippen LogP contribution in [-0.4, -0.2) is 92.4 Å². The van der Waals surface area contributed by atoms with E-state index in [0.717, 1.165) is 30.4 Å². The van der Waals surface area contributed by atoms with Crippen LogP contribution in [0.25, 0.3) is 11.1 Å². The second kappa shape index (κ2) is 11.7. The maximum atomic E-state index is 13.8. The molecule has 0 saturated heterocycles. The van der Waals surface area contributed by atoms with Gasteiger partial charge in [0.15, 0.2) is 0 Å². The van der Waals surface area contributed by atoms with E-state index in [4.69, 9.17) is 4.74 Å². The minimum absolute atomic E-state index is 0.0239. The predicted molar refractivity (Wildman–Crippen MR) is 149 cm³/mol. The molecule has 0 aromatic heterocycles. The molecular weight excluding hydrogens is 518 g/mol. The van der Waals surface area contributed by atoms with Gasteiger partial charge in [0.1, 0.15) is 16.7 Å². The van der Waals surface area contributed by atoms with Gasteiger partial charge in [0, 0.05) is 51.1 Å². The number of fused-ring (bicyclic) bond motifs is 1. The lowest BCUT2D eigenvalue weighted by Crippen LogP contribution is -2.50. The number of carbonyl (C=O) groups is 2. The van der Waals surface area contributed by atoms with Crippen LogP contribution in [-0.2, 0) is 14.8 Å². The van der Waals surface area contributed by atoms with Crippen LogP contribution in [0.1, 0.15) is 43.5 Å². The van der Waals surface area contributed by atoms with E-state index in [1.165, 1.54) is 15.3 Å². The number of likely N-dealkylation sites (N-methyl/N-ethyl adjacent to an activating group) is 1. The molecule has 2 aromatic rings. The van der Waals surface area contributed by atoms with Gasteiger partial charge in [-0.05, 0) is 55.2 Å². The fourth-order valence-electron chi connectivity index (χ4n) is 5.01. The Bertz CT molecular complexity index is 1310. The molecule has 0 radical (unpaired) electrons. The number of aliphatic hydroxyl groups is 1. The van der Waals surface area contributed by atoms with Crippen LogP contribution in [0.15, 0.2) is 47.4 Å². The Kier molecular flexibility index (Phi) is 8.68. The van der Waals surface area contributed by atoms with Gasteiger partial charge < -0.3 is 19.6 Å². The van der Waals surface area contributed by atoms with E-state index < -0.39 is 22.2 Å². The van der Waals surface area contributed by atoms with Crippen molar-refractivity contribution in [3.8, 4) is 16.9 Å². The highest BCUT2D eigenvalue weighted by Gasteiger charge is 2.39. The normalized spacial score (nSPS) is 21.9. The summed E-state index contributed by atoms with van der Waals surface area (Å²) in [6.45, 7) is 3.75. The maximum Gasteiger partial charge on any atom is 0.253 e. The highest BCUT2D eigenvalue weighted by atomic mass is 32.2. The Labute approximate surface area is 231 Å². The van der Waals surface area contributed by atoms with Gasteiger partial charge in [-0.1, -0.05) is 31.5 Å². The Morgan fingerprint density at radius 1 is 1.08 bits per heavy atom. The van der Waals surface area contributed by atoms with Crippen LogP contribution in [0.4, 0.5) is 0 Å². The summed E-state index contributed by atoms with van der Waals surface area (Å²) in [5, 5.41) is 9.87. The zero-order valence-electron chi connectivity index (χ0n) is 23.3. The number of hydrogen-bond donors (Lipinski definition) is 1. The first kappa shape index (κ1) is 29.0. The molecule has 1 fully saturated rings. The molecule has 1 aliphatic carbocycles. The van der Waals surface area contributed by atoms with Crippen molar-refractivity contribution in [3.63, 3.8) is 0 Å². The highest BCUT2D eigenvalue weighted by molar-refractivity contribution is 7.89. The summed E-state index contributed by atoms with van der Waals surface area (Å²) in [6, 6.07) is 11.5. The number of sulfonamides is 1. The van der Waals surface area contributed by atoms with Crippen molar-refractivity contribution in [2.24, 2.45) is 11.8 Å². The van der Waals surface area contributed by atoms with Gasteiger partial charge in [-0.3, -0.25) is 9.59 Å². The fraction of sp³-hybridized carbons (Fsp3) is 0.517. The Hall–Kier alpha value is -2.95. The smallest absolute Gasteiger partial charge is 0.253 e. The lowest BCUT2D eigenvalue weighted by atomic mass is 9.84. The van der Waals surface area contributed by atoms with E-state index in [-0.39, 0.29) is 47.4 Å². The zero-order chi connectivity index (χ0) is 28.5. The van der Waals surface area contributed by atoms with Crippen molar-refractivity contribution < 1.29 is 27.9 Å². The number of ether oxygens (including phenoxy) is 1. The summed E-state index contributed by atoms with van der Waals surface area (Å²) >= 11 is 0. The molecule has 2 aliphatic rings. The van der Waals surface area contributed by atoms with E-state index in [1.807, 2.05) is 19.1 Å². The number of benzene rings is 2. The summed E-state index contributed by atoms with van der Waals surface area (Å²) in [5.74, 6) is -0.0136. The Balaban J connectivity index is 1.72. The van der Waals surface area contributed by atoms with Crippen LogP contribution in [0.2, 0.25) is 0 Å². The van der Waals surface area contributed by atoms with E-state index >= 15 is 0 Å². The Morgan fingerprint density at radius 2 is 1.72 bits per heavy atom. The van der Waals surface area contributed by atoms with Crippen LogP contribution in [0.3, 0.4) is 0 Å². The third kappa shape index (κ3) is 5.97. The van der Waals surface area contributed by atoms with E-state index in [1.54, 1.807) is 57.2 Å². The topological polar surface area (TPSA) is 107 Å². The third-order valence-corrected chi connectivity index (χ3v) is 9.84. The van der Waals surface area contributed by atoms with E-state index in [9.17, 15) is 23.1 Å². The number of amides is 2. The summed E-state index contributed by atoms with van der Waals surface area (Å²) in [7, 11) is 1.19. The number of aliphatic hydroxyl groups excluding tert-OH is 1. The number of rotatable bonds is 7. The quantitative estimate of drug-likeness (QED) is 0.561. The number of hydrogen-bond acceptors (Lipinski definition) is 6. The number of nitrogens with zero attached hydrogens (tertiary/aromatic N) is 3. The summed E-state index contributed by atoms with van der Waals surface area (Å²) in [4.78, 5) is 28.4. The highest BCUT2D eigenvalue weighted by Crippen LogP contribution is 2.37. The van der Waals surface area contributed by atoms with Gasteiger partial charge >= 0.3 is 0 Å². The third-order valence-electron chi connectivity index (χ3n) is 7.82. The molecule has 0 unspecified atom stereocenters. The molecule has 1 aliphatic heterocycles. The molecule has 212 valence electrons. The lowest BCUT2D eigenvalue weighted by Gasteiger charge is -2.38. The van der Waals surface area contributed by atoms with Gasteiger partial charge in [-0.2, -0.15) is 4.31 Å². The predicted octanol–water partition coefficient (Wildman–Crippen LogP) is 3.08. The first-order valence-electron chi connectivity index (χ1n) is 13.4. The first-order chi connectivity index (χ1) is 18.4. The molecule has 4 rings (SSSR count). The van der Waals surface area contributed by atoms with Gasteiger partial charge in [0.25, 0.3) is 5.91 Å². The van der Waals surface area contributed by atoms with Crippen LogP contribution >= 0.6 is 0 Å². The molecule has 1 N–H and O–H groups in total. The lowest BCUT2D eigenvalue weighted by molar-refractivity contribution is -0.138. The fourth-order valence-corrected chi connectivity index (χ4v) is 6.84. The molecule has 3 atom stereocenters. The van der Waals surface area contributed by atoms with Crippen molar-refractivity contribution in [2.45, 2.75) is 50.2 Å². The standard InChI is InChI=1S/C29H39N3O6S/c1-19-16-32(20(2)18-33)39(36,37)27-14-13-24(21-9-11-23(12-10-21)28(34)30(3)4)15-25(27)38-26(19)17-31(5)29(35)22-7-6-8-22/h9-15,19-20,22,26,33H,6-8,16-18H2,1-5H3/t19-,20+,26+/m0/s1. The number of carbonyl (C=O) groups excluding carboxylic acids is 2. The largest absolute Gasteiger partial charge is 0.487 e. The SMILES string of the molecule is C[C@H](CO)N1C[C@H](C)[C@@H](CN(C)C(=O)C2CCC2)Oc2cc(-c3ccc(C(=O)N(C)C)cc3)ccc2S1(=O)=O. The molecule has 0 bridgehead atoms. The maximum absolute atomic E-state index is 13.8. The minimum atomic E-state index is -3.97. The zero-order valence-corrected chi connectivity index (χ0v) is 24.1. The van der Waals surface area contributed by atoms with Crippen molar-refractivity contribution in [3.05, 3.63) is 48.0 Å². The van der Waals surface area contributed by atoms with Crippen molar-refractivity contribution in [1.82, 2.24) is 14.1 Å². The van der Waals surface area contributed by atoms with Crippen LogP contribution in [0.5, 0.6) is 5.75 Å². The Morgan fingerprint density at radius 3 is 2.28 bits per heavy atom. The van der Waals surface area contributed by atoms with Crippen molar-refractivity contribution in [1.29, 1.82) is 0 Å². The molecule has 10 heteroatoms. The van der Waals surface area contributed by atoms with Gasteiger partial charge in [-0.15, -0.1) is 0 Å². The first-order valence-corrected chi connectivity index (χ1v) is 14.9. The van der Waals surface area contributed by atoms with Crippen molar-refractivity contribution in [2.75, 3.05) is 40.8 Å². The van der Waals surface area contributed by atoms with Crippen LogP contribution < -0.4 is 4.74 Å². The second-order valence-corrected chi connectivity index (χ2v) is 12.9. The van der Waals surface area contributed by atoms with Crippen LogP contribution in [0, 0.1) is 11.8 Å². The summed E-state index contributed by atoms with van der Waals surface area (Å²) in [6.07, 6.45) is 2.40. The van der Waals surface area contributed by atoms with Crippen molar-refractivity contribution >= 4 is 21.8 Å². The van der Waals surface area contributed by atoms with Gasteiger partial charge in [-0.25, -0.2) is 8.42 Å². The molecule has 1 heterocycles. The van der Waals surface area contributed by atoms with Gasteiger partial charge in [0.05, 0.1) is 13.2 Å². The average molecular weight is 558 g/mol. The van der Waals surface area contributed by atoms with Gasteiger partial charge in [0.2, 0.25) is 15.9 Å². The second-order valence-electron chi connectivity index (χ2n) is 11.0. The molecule has 0 spiro atoms. The van der Waals surface area contributed by atoms with E-state index in [2.05, 4.69) is 0 Å². The molecule has 9 nitrogen and oxygen atoms in total. The molecule has 2 amide bonds. The summed E-state index contributed by atoms with van der Waals surface area (Å²) in [5.41, 5.74) is 2.09. The molecular formula is C29H39N3O6S. The molecule has 2 aromatic carbocycles. The monoisotopic (exact) mass is 557 g/mol. The molecule has 1 saturated carbocycles. The van der Waals surface area contributed by atoms with E-state index in [0.29, 0.717) is 12.1 Å². The average Bonchev–Trinajstić information content (AvgIpc) is 2.88. The minimum Gasteiger partial charge on any atom is -0.487 e. The molecule has 39 heavy (non-hydrogen) atoms. The summed E-state index contributed by atoms with van der Waals surface area (Å²) < 4.78 is 35.3.